The molecule has 1 aliphatic heterocycles. The monoisotopic (exact) mass is 193 g/mol. The fourth-order valence-corrected chi connectivity index (χ4v) is 1.46. The fourth-order valence-electron chi connectivity index (χ4n) is 1.33. The fraction of sp³-hybridized carbons (Fsp3) is 0.100. The minimum Gasteiger partial charge on any atom is -0.285 e. The Morgan fingerprint density at radius 2 is 1.92 bits per heavy atom. The van der Waals surface area contributed by atoms with Crippen molar-refractivity contribution < 1.29 is 4.79 Å². The topological polar surface area (TPSA) is 20.3 Å². The van der Waals surface area contributed by atoms with Crippen LogP contribution in [0.15, 0.2) is 36.5 Å². The molecule has 0 aliphatic carbocycles. The van der Waals surface area contributed by atoms with Gasteiger partial charge in [0.1, 0.15) is 0 Å². The number of β-lactam (4-membered cyclic amide) rings is 1. The van der Waals surface area contributed by atoms with Crippen LogP contribution in [0.5, 0.6) is 0 Å². The summed E-state index contributed by atoms with van der Waals surface area (Å²) < 4.78 is 0. The van der Waals surface area contributed by atoms with Crippen molar-refractivity contribution in [3.8, 4) is 0 Å². The van der Waals surface area contributed by atoms with E-state index in [4.69, 9.17) is 11.6 Å². The highest BCUT2D eigenvalue weighted by Gasteiger charge is 2.29. The van der Waals surface area contributed by atoms with Gasteiger partial charge in [0.25, 0.3) is 0 Å². The summed E-state index contributed by atoms with van der Waals surface area (Å²) in [4.78, 5) is 12.8. The number of hydrogen-bond acceptors (Lipinski definition) is 1. The molecule has 2 nitrogen and oxygen atoms in total. The minimum atomic E-state index is 0.0901. The van der Waals surface area contributed by atoms with Crippen molar-refractivity contribution in [1.29, 1.82) is 0 Å². The van der Waals surface area contributed by atoms with E-state index in [0.717, 1.165) is 11.4 Å². The van der Waals surface area contributed by atoms with Gasteiger partial charge in [0.2, 0.25) is 5.91 Å². The summed E-state index contributed by atoms with van der Waals surface area (Å²) >= 11 is 5.72. The Kier molecular flexibility index (Phi) is 1.85. The lowest BCUT2D eigenvalue weighted by atomic mass is 10.1. The maximum Gasteiger partial charge on any atom is 0.237 e. The number of anilines is 1. The molecule has 2 rings (SSSR count). The maximum absolute atomic E-state index is 11.2. The Labute approximate surface area is 81.4 Å². The summed E-state index contributed by atoms with van der Waals surface area (Å²) in [5.41, 5.74) is 1.68. The van der Waals surface area contributed by atoms with E-state index in [0.29, 0.717) is 11.4 Å². The zero-order chi connectivity index (χ0) is 9.42. The molecule has 0 saturated carbocycles. The molecule has 1 aromatic carbocycles. The number of rotatable bonds is 1. The second-order valence-electron chi connectivity index (χ2n) is 2.95. The average Bonchev–Trinajstić information content (AvgIpc) is 2.09. The van der Waals surface area contributed by atoms with Gasteiger partial charge < -0.3 is 0 Å². The molecule has 0 radical (unpaired) electrons. The molecule has 0 unspecified atom stereocenters. The number of nitrogens with zero attached hydrogens (tertiary/aromatic N) is 1. The molecule has 13 heavy (non-hydrogen) atoms. The zero-order valence-corrected chi connectivity index (χ0v) is 7.71. The predicted octanol–water partition coefficient (Wildman–Crippen LogP) is 2.59. The summed E-state index contributed by atoms with van der Waals surface area (Å²) in [5, 5.41) is 0.669. The molecule has 0 N–H and O–H groups in total. The summed E-state index contributed by atoms with van der Waals surface area (Å²) in [7, 11) is 0. The van der Waals surface area contributed by atoms with Gasteiger partial charge in [-0.15, -0.1) is 0 Å². The normalized spacial score (nSPS) is 15.9. The van der Waals surface area contributed by atoms with E-state index in [-0.39, 0.29) is 5.91 Å². The van der Waals surface area contributed by atoms with Crippen molar-refractivity contribution in [1.82, 2.24) is 0 Å². The third kappa shape index (κ3) is 1.33. The van der Waals surface area contributed by atoms with Crippen LogP contribution in [0.3, 0.4) is 0 Å². The molecule has 0 bridgehead atoms. The number of carbonyl (C=O) groups is 1. The smallest absolute Gasteiger partial charge is 0.237 e. The molecular formula is C10H8ClNO. The van der Waals surface area contributed by atoms with E-state index in [1.165, 1.54) is 0 Å². The predicted molar refractivity (Wildman–Crippen MR) is 52.7 cm³/mol. The molecule has 0 spiro atoms. The van der Waals surface area contributed by atoms with Crippen LogP contribution < -0.4 is 4.90 Å². The zero-order valence-electron chi connectivity index (χ0n) is 6.96. The van der Waals surface area contributed by atoms with Gasteiger partial charge in [-0.05, 0) is 24.3 Å². The molecular weight excluding hydrogens is 186 g/mol. The first-order chi connectivity index (χ1) is 6.18. The van der Waals surface area contributed by atoms with E-state index in [1.54, 1.807) is 17.0 Å². The lowest BCUT2D eigenvalue weighted by molar-refractivity contribution is -0.120. The van der Waals surface area contributed by atoms with Crippen LogP contribution in [-0.2, 0) is 4.79 Å². The third-order valence-electron chi connectivity index (χ3n) is 2.01. The highest BCUT2D eigenvalue weighted by atomic mass is 35.5. The lowest BCUT2D eigenvalue weighted by Crippen LogP contribution is -2.40. The van der Waals surface area contributed by atoms with E-state index < -0.39 is 0 Å². The molecule has 0 aromatic heterocycles. The molecule has 3 heteroatoms. The summed E-state index contributed by atoms with van der Waals surface area (Å²) in [6.07, 6.45) is 0.461. The van der Waals surface area contributed by atoms with Crippen molar-refractivity contribution in [3.05, 3.63) is 41.6 Å². The highest BCUT2D eigenvalue weighted by molar-refractivity contribution is 6.30. The number of halogens is 1. The van der Waals surface area contributed by atoms with Gasteiger partial charge in [-0.3, -0.25) is 9.69 Å². The van der Waals surface area contributed by atoms with Crippen LogP contribution in [0.2, 0.25) is 5.02 Å². The van der Waals surface area contributed by atoms with Crippen LogP contribution in [0.4, 0.5) is 5.69 Å². The summed E-state index contributed by atoms with van der Waals surface area (Å²) in [5.74, 6) is 0.0901. The van der Waals surface area contributed by atoms with E-state index >= 15 is 0 Å². The summed E-state index contributed by atoms with van der Waals surface area (Å²) in [6.45, 7) is 3.76. The van der Waals surface area contributed by atoms with Crippen LogP contribution >= 0.6 is 11.6 Å². The van der Waals surface area contributed by atoms with E-state index in [1.807, 2.05) is 12.1 Å². The number of carbonyl (C=O) groups excluding carboxylic acids is 1. The number of benzene rings is 1. The Bertz CT molecular complexity index is 355. The molecule has 0 atom stereocenters. The molecule has 1 aromatic rings. The van der Waals surface area contributed by atoms with Gasteiger partial charge in [0.05, 0.1) is 6.42 Å². The van der Waals surface area contributed by atoms with Crippen molar-refractivity contribution in [2.75, 3.05) is 4.90 Å². The standard InChI is InChI=1S/C10H8ClNO/c1-7-6-10(13)12(7)9-4-2-8(11)3-5-9/h2-5H,1,6H2. The Balaban J connectivity index is 2.30. The van der Waals surface area contributed by atoms with Crippen molar-refractivity contribution in [2.45, 2.75) is 6.42 Å². The van der Waals surface area contributed by atoms with Gasteiger partial charge in [-0.25, -0.2) is 0 Å². The molecule has 1 amide bonds. The largest absolute Gasteiger partial charge is 0.285 e. The SMILES string of the molecule is C=C1CC(=O)N1c1ccc(Cl)cc1. The van der Waals surface area contributed by atoms with Crippen LogP contribution in [-0.4, -0.2) is 5.91 Å². The van der Waals surface area contributed by atoms with Gasteiger partial charge >= 0.3 is 0 Å². The van der Waals surface area contributed by atoms with Crippen LogP contribution in [0.1, 0.15) is 6.42 Å². The first kappa shape index (κ1) is 8.32. The Hall–Kier alpha value is -1.28. The lowest BCUT2D eigenvalue weighted by Gasteiger charge is -2.33. The van der Waals surface area contributed by atoms with Crippen LogP contribution in [0, 0.1) is 0 Å². The van der Waals surface area contributed by atoms with E-state index in [9.17, 15) is 4.79 Å². The Morgan fingerprint density at radius 1 is 1.31 bits per heavy atom. The van der Waals surface area contributed by atoms with Gasteiger partial charge in [-0.2, -0.15) is 0 Å². The molecule has 1 heterocycles. The molecule has 1 fully saturated rings. The maximum atomic E-state index is 11.2. The Morgan fingerprint density at radius 3 is 2.38 bits per heavy atom. The van der Waals surface area contributed by atoms with Crippen molar-refractivity contribution >= 4 is 23.2 Å². The van der Waals surface area contributed by atoms with Gasteiger partial charge in [-0.1, -0.05) is 18.2 Å². The highest BCUT2D eigenvalue weighted by Crippen LogP contribution is 2.29. The van der Waals surface area contributed by atoms with Crippen LogP contribution in [0.25, 0.3) is 0 Å². The quantitative estimate of drug-likeness (QED) is 0.628. The first-order valence-corrected chi connectivity index (χ1v) is 4.32. The second-order valence-corrected chi connectivity index (χ2v) is 3.39. The third-order valence-corrected chi connectivity index (χ3v) is 2.26. The number of amides is 1. The van der Waals surface area contributed by atoms with E-state index in [2.05, 4.69) is 6.58 Å². The van der Waals surface area contributed by atoms with Crippen molar-refractivity contribution in [3.63, 3.8) is 0 Å². The second kappa shape index (κ2) is 2.89. The first-order valence-electron chi connectivity index (χ1n) is 3.95. The minimum absolute atomic E-state index is 0.0901. The van der Waals surface area contributed by atoms with Gasteiger partial charge in [0, 0.05) is 16.4 Å². The van der Waals surface area contributed by atoms with Crippen molar-refractivity contribution in [2.24, 2.45) is 0 Å². The summed E-state index contributed by atoms with van der Waals surface area (Å²) in [6, 6.07) is 7.14. The molecule has 1 aliphatic rings. The number of hydrogen-bond donors (Lipinski definition) is 0. The van der Waals surface area contributed by atoms with Gasteiger partial charge in [0.15, 0.2) is 0 Å². The molecule has 1 saturated heterocycles. The average molecular weight is 194 g/mol. The molecule has 66 valence electrons.